The van der Waals surface area contributed by atoms with Crippen LogP contribution in [0.15, 0.2) is 0 Å². The van der Waals surface area contributed by atoms with Crippen molar-refractivity contribution in [2.24, 2.45) is 5.41 Å². The average molecular weight is 160 g/mol. The lowest BCUT2D eigenvalue weighted by molar-refractivity contribution is -0.149. The summed E-state index contributed by atoms with van der Waals surface area (Å²) in [5.74, 6) is -0.857. The second kappa shape index (κ2) is 3.19. The average Bonchev–Trinajstić information content (AvgIpc) is 2.38. The number of ether oxygens (including phenoxy) is 1. The molecule has 2 N–H and O–H groups in total. The lowest BCUT2D eigenvalue weighted by Crippen LogP contribution is -2.32. The summed E-state index contributed by atoms with van der Waals surface area (Å²) >= 11 is 0. The zero-order valence-electron chi connectivity index (χ0n) is 6.25. The van der Waals surface area contributed by atoms with Crippen molar-refractivity contribution in [2.45, 2.75) is 12.8 Å². The molecule has 0 saturated carbocycles. The van der Waals surface area contributed by atoms with Crippen LogP contribution in [0.1, 0.15) is 12.8 Å². The highest BCUT2D eigenvalue weighted by atomic mass is 16.5. The minimum absolute atomic E-state index is 0.0876. The molecule has 0 bridgehead atoms. The van der Waals surface area contributed by atoms with Gasteiger partial charge in [-0.1, -0.05) is 0 Å². The Hall–Kier alpha value is -0.610. The first-order valence-corrected chi connectivity index (χ1v) is 3.63. The van der Waals surface area contributed by atoms with Gasteiger partial charge in [0.2, 0.25) is 0 Å². The van der Waals surface area contributed by atoms with E-state index in [2.05, 4.69) is 0 Å². The van der Waals surface area contributed by atoms with Crippen LogP contribution < -0.4 is 0 Å². The van der Waals surface area contributed by atoms with Gasteiger partial charge in [0.05, 0.1) is 12.0 Å². The van der Waals surface area contributed by atoms with Gasteiger partial charge in [-0.3, -0.25) is 4.79 Å². The molecule has 1 atom stereocenters. The molecule has 4 nitrogen and oxygen atoms in total. The highest BCUT2D eigenvalue weighted by Crippen LogP contribution is 2.32. The predicted octanol–water partition coefficient (Wildman–Crippen LogP) is -0.140. The summed E-state index contributed by atoms with van der Waals surface area (Å²) in [5, 5.41) is 17.4. The van der Waals surface area contributed by atoms with E-state index in [0.29, 0.717) is 19.4 Å². The molecule has 1 heterocycles. The first-order chi connectivity index (χ1) is 5.21. The van der Waals surface area contributed by atoms with Gasteiger partial charge in [0.15, 0.2) is 0 Å². The Labute approximate surface area is 64.8 Å². The molecule has 1 fully saturated rings. The summed E-state index contributed by atoms with van der Waals surface area (Å²) in [5.41, 5.74) is -0.811. The van der Waals surface area contributed by atoms with Gasteiger partial charge in [-0.2, -0.15) is 0 Å². The fourth-order valence-electron chi connectivity index (χ4n) is 1.29. The first kappa shape index (κ1) is 8.49. The Morgan fingerprint density at radius 1 is 1.64 bits per heavy atom. The van der Waals surface area contributed by atoms with E-state index < -0.39 is 11.4 Å². The Balaban J connectivity index is 2.62. The largest absolute Gasteiger partial charge is 0.481 e. The van der Waals surface area contributed by atoms with E-state index >= 15 is 0 Å². The Bertz CT molecular complexity index is 149. The van der Waals surface area contributed by atoms with Crippen LogP contribution in [0, 0.1) is 5.41 Å². The molecule has 0 aromatic rings. The molecular weight excluding hydrogens is 148 g/mol. The lowest BCUT2D eigenvalue weighted by atomic mass is 9.84. The van der Waals surface area contributed by atoms with E-state index in [9.17, 15) is 4.79 Å². The monoisotopic (exact) mass is 160 g/mol. The molecule has 4 heteroatoms. The summed E-state index contributed by atoms with van der Waals surface area (Å²) in [6.07, 6.45) is 0.811. The Kier molecular flexibility index (Phi) is 2.46. The van der Waals surface area contributed by atoms with Gasteiger partial charge in [-0.15, -0.1) is 0 Å². The minimum Gasteiger partial charge on any atom is -0.481 e. The molecule has 0 spiro atoms. The van der Waals surface area contributed by atoms with Gasteiger partial charge in [0.25, 0.3) is 0 Å². The van der Waals surface area contributed by atoms with E-state index in [1.165, 1.54) is 0 Å². The third-order valence-corrected chi connectivity index (χ3v) is 2.15. The van der Waals surface area contributed by atoms with Gasteiger partial charge in [0.1, 0.15) is 0 Å². The lowest BCUT2D eigenvalue weighted by Gasteiger charge is -2.19. The number of aliphatic hydroxyl groups is 1. The number of hydrogen-bond acceptors (Lipinski definition) is 3. The van der Waals surface area contributed by atoms with E-state index in [4.69, 9.17) is 14.9 Å². The smallest absolute Gasteiger partial charge is 0.312 e. The fraction of sp³-hybridized carbons (Fsp3) is 0.857. The van der Waals surface area contributed by atoms with Gasteiger partial charge in [0, 0.05) is 13.2 Å². The van der Waals surface area contributed by atoms with Crippen molar-refractivity contribution in [1.29, 1.82) is 0 Å². The number of carboxylic acids is 1. The van der Waals surface area contributed by atoms with E-state index in [-0.39, 0.29) is 13.2 Å². The first-order valence-electron chi connectivity index (χ1n) is 3.63. The standard InChI is InChI=1S/C7H12O4/c8-3-1-7(6(9)10)2-4-11-5-7/h8H,1-5H2,(H,9,10). The second-order valence-electron chi connectivity index (χ2n) is 2.86. The van der Waals surface area contributed by atoms with Crippen LogP contribution in [0.3, 0.4) is 0 Å². The molecule has 0 radical (unpaired) electrons. The molecule has 0 aromatic heterocycles. The van der Waals surface area contributed by atoms with Crippen LogP contribution in [-0.4, -0.2) is 36.0 Å². The summed E-state index contributed by atoms with van der Waals surface area (Å²) < 4.78 is 4.98. The van der Waals surface area contributed by atoms with Crippen molar-refractivity contribution in [3.63, 3.8) is 0 Å². The summed E-state index contributed by atoms with van der Waals surface area (Å²) in [6.45, 7) is 0.644. The molecule has 1 saturated heterocycles. The summed E-state index contributed by atoms with van der Waals surface area (Å²) in [6, 6.07) is 0. The Morgan fingerprint density at radius 2 is 2.36 bits per heavy atom. The quantitative estimate of drug-likeness (QED) is 0.603. The number of rotatable bonds is 3. The summed E-state index contributed by atoms with van der Waals surface area (Å²) in [7, 11) is 0. The van der Waals surface area contributed by atoms with Crippen molar-refractivity contribution in [3.05, 3.63) is 0 Å². The number of carbonyl (C=O) groups is 1. The third-order valence-electron chi connectivity index (χ3n) is 2.15. The van der Waals surface area contributed by atoms with Crippen molar-refractivity contribution < 1.29 is 19.7 Å². The van der Waals surface area contributed by atoms with E-state index in [1.54, 1.807) is 0 Å². The van der Waals surface area contributed by atoms with Crippen LogP contribution in [-0.2, 0) is 9.53 Å². The zero-order valence-corrected chi connectivity index (χ0v) is 6.25. The Morgan fingerprint density at radius 3 is 2.73 bits per heavy atom. The molecule has 1 aliphatic heterocycles. The van der Waals surface area contributed by atoms with Crippen LogP contribution in [0.5, 0.6) is 0 Å². The van der Waals surface area contributed by atoms with Crippen molar-refractivity contribution >= 4 is 5.97 Å². The number of carboxylic acid groups (broad SMARTS) is 1. The predicted molar refractivity (Wildman–Crippen MR) is 37.2 cm³/mol. The van der Waals surface area contributed by atoms with E-state index in [1.807, 2.05) is 0 Å². The van der Waals surface area contributed by atoms with Crippen molar-refractivity contribution in [1.82, 2.24) is 0 Å². The number of aliphatic hydroxyl groups excluding tert-OH is 1. The second-order valence-corrected chi connectivity index (χ2v) is 2.86. The molecule has 0 aromatic carbocycles. The highest BCUT2D eigenvalue weighted by Gasteiger charge is 2.41. The molecule has 1 rings (SSSR count). The molecule has 0 aliphatic carbocycles. The maximum absolute atomic E-state index is 10.7. The molecular formula is C7H12O4. The van der Waals surface area contributed by atoms with Gasteiger partial charge < -0.3 is 14.9 Å². The van der Waals surface area contributed by atoms with Crippen LogP contribution in [0.2, 0.25) is 0 Å². The van der Waals surface area contributed by atoms with Crippen molar-refractivity contribution in [2.75, 3.05) is 19.8 Å². The topological polar surface area (TPSA) is 66.8 Å². The third kappa shape index (κ3) is 1.52. The van der Waals surface area contributed by atoms with Crippen LogP contribution in [0.4, 0.5) is 0 Å². The zero-order chi connectivity index (χ0) is 8.32. The SMILES string of the molecule is O=C(O)C1(CCO)CCOC1. The maximum Gasteiger partial charge on any atom is 0.312 e. The normalized spacial score (nSPS) is 30.6. The number of hydrogen-bond donors (Lipinski definition) is 2. The van der Waals surface area contributed by atoms with Crippen LogP contribution >= 0.6 is 0 Å². The number of aliphatic carboxylic acids is 1. The summed E-state index contributed by atoms with van der Waals surface area (Å²) in [4.78, 5) is 10.7. The molecule has 1 unspecified atom stereocenters. The van der Waals surface area contributed by atoms with E-state index in [0.717, 1.165) is 0 Å². The minimum atomic E-state index is -0.857. The van der Waals surface area contributed by atoms with Gasteiger partial charge in [-0.25, -0.2) is 0 Å². The molecule has 11 heavy (non-hydrogen) atoms. The fourth-order valence-corrected chi connectivity index (χ4v) is 1.29. The molecule has 64 valence electrons. The van der Waals surface area contributed by atoms with Gasteiger partial charge in [-0.05, 0) is 12.8 Å². The van der Waals surface area contributed by atoms with Gasteiger partial charge >= 0.3 is 5.97 Å². The van der Waals surface area contributed by atoms with Crippen LogP contribution in [0.25, 0.3) is 0 Å². The highest BCUT2D eigenvalue weighted by molar-refractivity contribution is 5.75. The molecule has 0 amide bonds. The molecule has 1 aliphatic rings. The maximum atomic E-state index is 10.7. The van der Waals surface area contributed by atoms with Crippen molar-refractivity contribution in [3.8, 4) is 0 Å².